The number of hydrogen-bond acceptors (Lipinski definition) is 4. The molecule has 4 nitrogen and oxygen atoms in total. The fraction of sp³-hybridized carbons (Fsp3) is 0.0476. The van der Waals surface area contributed by atoms with Crippen LogP contribution < -0.4 is 4.90 Å². The Bertz CT molecular complexity index is 7030. The van der Waals surface area contributed by atoms with Gasteiger partial charge < -0.3 is 9.47 Å². The largest absolute Gasteiger partial charge is 0.309 e. The van der Waals surface area contributed by atoms with Gasteiger partial charge in [0.1, 0.15) is 11.0 Å². The van der Waals surface area contributed by atoms with Gasteiger partial charge in [-0.25, -0.2) is 0 Å². The van der Waals surface area contributed by atoms with E-state index in [1.54, 1.807) is 0 Å². The molecular weight excluding hydrogens is 1350 g/mol. The molecule has 0 amide bonds. The molecule has 0 fully saturated rings. The van der Waals surface area contributed by atoms with Gasteiger partial charge in [-0.15, -0.1) is 0 Å². The highest BCUT2D eigenvalue weighted by molar-refractivity contribution is 7.00. The third kappa shape index (κ3) is 7.64. The fourth-order valence-electron chi connectivity index (χ4n) is 22.1. The molecule has 110 heavy (non-hydrogen) atoms. The summed E-state index contributed by atoms with van der Waals surface area (Å²) in [5, 5.41) is 2.38. The van der Waals surface area contributed by atoms with Gasteiger partial charge in [-0.1, -0.05) is 303 Å². The van der Waals surface area contributed by atoms with Crippen LogP contribution in [0.25, 0.3) is 128 Å². The topological polar surface area (TPSA) is 34.0 Å². The SMILES string of the molecule is C1=CC2c3ccccc3C3(c4ccccc4-c4ccc(-c5ccc(N(c6ccc(-c7ccc8c(c7)C7(c9ccccc9-c9ccccc97)c7ccccc7-8)cc6)c6ccc(-c7ccc8c(c7)c7ccccc7n8-c7cccc8c7-c7ccccc7C87c8ccccc8-c8ccccc87)c7nsnc67)cc5)cc43)C2C=C1. The number of fused-ring (bicyclic) bond motifs is 34. The first-order valence-electron chi connectivity index (χ1n) is 38.4. The van der Waals surface area contributed by atoms with Gasteiger partial charge in [-0.2, -0.15) is 8.75 Å². The number of hydrogen-bond donors (Lipinski definition) is 0. The van der Waals surface area contributed by atoms with E-state index in [1.807, 2.05) is 0 Å². The van der Waals surface area contributed by atoms with Crippen LogP contribution in [0.15, 0.2) is 376 Å². The lowest BCUT2D eigenvalue weighted by molar-refractivity contribution is 0.465. The molecule has 3 atom stereocenters. The second-order valence-corrected chi connectivity index (χ2v) is 31.4. The van der Waals surface area contributed by atoms with Gasteiger partial charge in [0, 0.05) is 45.1 Å². The number of benzene rings is 16. The van der Waals surface area contributed by atoms with E-state index < -0.39 is 10.8 Å². The molecule has 510 valence electrons. The summed E-state index contributed by atoms with van der Waals surface area (Å²) in [6.07, 6.45) is 9.42. The zero-order chi connectivity index (χ0) is 71.7. The average Bonchev–Trinajstić information content (AvgIpc) is 1.52. The molecule has 0 bridgehead atoms. The van der Waals surface area contributed by atoms with Crippen molar-refractivity contribution < 1.29 is 0 Å². The lowest BCUT2D eigenvalue weighted by Crippen LogP contribution is -2.32. The number of anilines is 3. The summed E-state index contributed by atoms with van der Waals surface area (Å²) < 4.78 is 13.1. The number of aromatic nitrogens is 3. The zero-order valence-corrected chi connectivity index (χ0v) is 60.5. The van der Waals surface area contributed by atoms with E-state index in [9.17, 15) is 0 Å². The van der Waals surface area contributed by atoms with E-state index in [0.717, 1.165) is 61.4 Å². The van der Waals surface area contributed by atoms with Crippen molar-refractivity contribution in [2.45, 2.75) is 22.2 Å². The third-order valence-corrected chi connectivity index (χ3v) is 26.8. The highest BCUT2D eigenvalue weighted by Gasteiger charge is 2.58. The van der Waals surface area contributed by atoms with Crippen molar-refractivity contribution in [2.75, 3.05) is 4.90 Å². The summed E-state index contributed by atoms with van der Waals surface area (Å²) in [5.41, 5.74) is 43.1. The Morgan fingerprint density at radius 1 is 0.291 bits per heavy atom. The number of rotatable bonds is 7. The van der Waals surface area contributed by atoms with Crippen LogP contribution >= 0.6 is 11.7 Å². The number of allylic oxidation sites excluding steroid dienone is 4. The second-order valence-electron chi connectivity index (χ2n) is 30.9. The maximum Gasteiger partial charge on any atom is 0.129 e. The highest BCUT2D eigenvalue weighted by atomic mass is 32.1. The molecule has 0 radical (unpaired) electrons. The van der Waals surface area contributed by atoms with Crippen molar-refractivity contribution in [3.8, 4) is 94.7 Å². The van der Waals surface area contributed by atoms with Crippen molar-refractivity contribution in [3.63, 3.8) is 0 Å². The van der Waals surface area contributed by atoms with Crippen molar-refractivity contribution in [1.82, 2.24) is 13.3 Å². The maximum atomic E-state index is 5.30. The van der Waals surface area contributed by atoms with Crippen LogP contribution in [0, 0.1) is 5.92 Å². The summed E-state index contributed by atoms with van der Waals surface area (Å²) in [7, 11) is 0. The van der Waals surface area contributed by atoms with Gasteiger partial charge in [-0.3, -0.25) is 0 Å². The first kappa shape index (κ1) is 60.5. The van der Waals surface area contributed by atoms with Crippen LogP contribution in [-0.4, -0.2) is 13.3 Å². The van der Waals surface area contributed by atoms with E-state index in [2.05, 4.69) is 386 Å². The van der Waals surface area contributed by atoms with Crippen LogP contribution in [0.2, 0.25) is 0 Å². The molecule has 0 saturated carbocycles. The second kappa shape index (κ2) is 22.3. The third-order valence-electron chi connectivity index (χ3n) is 26.2. The number of para-hydroxylation sites is 1. The smallest absolute Gasteiger partial charge is 0.129 e. The van der Waals surface area contributed by atoms with E-state index in [4.69, 9.17) is 8.75 Å². The lowest BCUT2D eigenvalue weighted by atomic mass is 9.65. The molecule has 18 aromatic rings. The van der Waals surface area contributed by atoms with Gasteiger partial charge in [-0.05, 0) is 217 Å². The molecule has 0 saturated heterocycles. The molecule has 7 aliphatic carbocycles. The number of nitrogens with zero attached hydrogens (tertiary/aromatic N) is 4. The van der Waals surface area contributed by atoms with Crippen LogP contribution in [0.4, 0.5) is 17.1 Å². The van der Waals surface area contributed by atoms with E-state index in [1.165, 1.54) is 162 Å². The molecule has 3 spiro atoms. The summed E-state index contributed by atoms with van der Waals surface area (Å²) in [5.74, 6) is 0.543. The van der Waals surface area contributed by atoms with Crippen LogP contribution in [0.5, 0.6) is 0 Å². The van der Waals surface area contributed by atoms with Crippen molar-refractivity contribution in [2.24, 2.45) is 5.92 Å². The molecular formula is C105H64N4S. The summed E-state index contributed by atoms with van der Waals surface area (Å²) in [6, 6.07) is 133. The first-order valence-corrected chi connectivity index (χ1v) is 39.2. The maximum absolute atomic E-state index is 5.30. The van der Waals surface area contributed by atoms with E-state index in [0.29, 0.717) is 5.92 Å². The minimum absolute atomic E-state index is 0.251. The van der Waals surface area contributed by atoms with E-state index in [-0.39, 0.29) is 11.3 Å². The summed E-state index contributed by atoms with van der Waals surface area (Å²) in [6.45, 7) is 0. The van der Waals surface area contributed by atoms with Crippen molar-refractivity contribution >= 4 is 61.6 Å². The van der Waals surface area contributed by atoms with Crippen LogP contribution in [-0.2, 0) is 16.2 Å². The lowest BCUT2D eigenvalue weighted by Gasteiger charge is -2.36. The fourth-order valence-corrected chi connectivity index (χ4v) is 22.6. The predicted octanol–water partition coefficient (Wildman–Crippen LogP) is 26.1. The Morgan fingerprint density at radius 3 is 1.35 bits per heavy atom. The quantitative estimate of drug-likeness (QED) is 0.159. The molecule has 7 aliphatic rings. The molecule has 0 N–H and O–H groups in total. The Kier molecular flexibility index (Phi) is 12.3. The standard InChI is InChI=1S/C105H64N4S/c1-11-32-84-71(22-1)72-23-2-12-33-85(72)103(84)92-40-19-9-31-82(92)100-93(103)41-21-43-98(100)109-96-42-20-10-30-81(96)83-60-67(50-58-97(83)109)70-57-59-99(102-101(70)106-110-107-102)108(68-51-44-63(45-52-68)65-48-55-79-77-28-7-17-38-90(77)104(94(79)61-65)86-34-13-3-24-73(86)74-25-4-14-35-87(74)104)69-53-46-64(47-54-69)66-49-56-80-78-29-8-18-39-91(78)105(95(80)62-66)88-36-15-5-26-75(88)76-27-6-16-37-89(76)105/h1-62,73,86H. The highest BCUT2D eigenvalue weighted by Crippen LogP contribution is 2.68. The minimum Gasteiger partial charge on any atom is -0.309 e. The Hall–Kier alpha value is -13.6. The average molecular weight is 1410 g/mol. The van der Waals surface area contributed by atoms with E-state index >= 15 is 0 Å². The molecule has 3 unspecified atom stereocenters. The molecule has 5 heteroatoms. The van der Waals surface area contributed by atoms with Gasteiger partial charge in [0.05, 0.1) is 50.4 Å². The Morgan fingerprint density at radius 2 is 0.727 bits per heavy atom. The minimum atomic E-state index is -0.458. The van der Waals surface area contributed by atoms with Gasteiger partial charge in [0.25, 0.3) is 0 Å². The Labute approximate surface area is 641 Å². The molecule has 2 heterocycles. The monoisotopic (exact) mass is 1410 g/mol. The summed E-state index contributed by atoms with van der Waals surface area (Å²) in [4.78, 5) is 2.40. The normalized spacial score (nSPS) is 17.0. The van der Waals surface area contributed by atoms with Crippen molar-refractivity contribution in [1.29, 1.82) is 0 Å². The van der Waals surface area contributed by atoms with Crippen LogP contribution in [0.3, 0.4) is 0 Å². The van der Waals surface area contributed by atoms with Gasteiger partial charge in [0.15, 0.2) is 0 Å². The van der Waals surface area contributed by atoms with Gasteiger partial charge >= 0.3 is 0 Å². The summed E-state index contributed by atoms with van der Waals surface area (Å²) >= 11 is 1.28. The molecule has 2 aromatic heterocycles. The molecule has 16 aromatic carbocycles. The van der Waals surface area contributed by atoms with Crippen LogP contribution in [0.1, 0.15) is 72.7 Å². The molecule has 25 rings (SSSR count). The predicted molar refractivity (Wildman–Crippen MR) is 452 cm³/mol. The van der Waals surface area contributed by atoms with Gasteiger partial charge in [0.2, 0.25) is 0 Å². The zero-order valence-electron chi connectivity index (χ0n) is 59.6. The Balaban J connectivity index is 0.630. The first-order chi connectivity index (χ1) is 54.6. The van der Waals surface area contributed by atoms with Crippen molar-refractivity contribution in [3.05, 3.63) is 443 Å². The molecule has 0 aliphatic heterocycles.